The summed E-state index contributed by atoms with van der Waals surface area (Å²) in [5.74, 6) is -0.142. The summed E-state index contributed by atoms with van der Waals surface area (Å²) in [5.41, 5.74) is 1.49. The number of carbonyl (C=O) groups is 2. The minimum absolute atomic E-state index is 0.00446. The van der Waals surface area contributed by atoms with Crippen LogP contribution in [-0.2, 0) is 7.05 Å². The van der Waals surface area contributed by atoms with E-state index in [-0.39, 0.29) is 11.6 Å². The van der Waals surface area contributed by atoms with Gasteiger partial charge < -0.3 is 4.57 Å². The Labute approximate surface area is 140 Å². The van der Waals surface area contributed by atoms with Gasteiger partial charge in [0.2, 0.25) is 0 Å². The van der Waals surface area contributed by atoms with Crippen LogP contribution in [-0.4, -0.2) is 40.7 Å². The van der Waals surface area contributed by atoms with Crippen LogP contribution in [0.15, 0.2) is 36.7 Å². The minimum atomic E-state index is -0.146. The summed E-state index contributed by atoms with van der Waals surface area (Å²) in [7, 11) is 1.82. The molecule has 0 radical (unpaired) electrons. The maximum atomic E-state index is 12.7. The quantitative estimate of drug-likeness (QED) is 0.791. The molecule has 0 unspecified atom stereocenters. The zero-order valence-corrected chi connectivity index (χ0v) is 13.8. The van der Waals surface area contributed by atoms with Gasteiger partial charge in [-0.1, -0.05) is 11.6 Å². The van der Waals surface area contributed by atoms with Crippen molar-refractivity contribution >= 4 is 23.2 Å². The van der Waals surface area contributed by atoms with E-state index in [9.17, 15) is 9.59 Å². The van der Waals surface area contributed by atoms with Gasteiger partial charge in [0.1, 0.15) is 0 Å². The molecule has 1 saturated heterocycles. The van der Waals surface area contributed by atoms with Crippen LogP contribution < -0.4 is 0 Å². The van der Waals surface area contributed by atoms with Gasteiger partial charge >= 0.3 is 0 Å². The van der Waals surface area contributed by atoms with Gasteiger partial charge in [0.15, 0.2) is 11.6 Å². The van der Waals surface area contributed by atoms with Crippen LogP contribution in [0, 0.1) is 0 Å². The van der Waals surface area contributed by atoms with Gasteiger partial charge in [-0.05, 0) is 50.2 Å². The maximum absolute atomic E-state index is 12.7. The summed E-state index contributed by atoms with van der Waals surface area (Å²) in [4.78, 5) is 27.5. The third-order valence-electron chi connectivity index (χ3n) is 4.17. The SMILES string of the molecule is Cn1cc(C(=O)CN2CCCC2)c(C(=O)c2ccc(Cl)cc2)c1. The van der Waals surface area contributed by atoms with E-state index in [1.54, 1.807) is 41.2 Å². The van der Waals surface area contributed by atoms with Crippen molar-refractivity contribution in [1.29, 1.82) is 0 Å². The Hall–Kier alpha value is -1.91. The van der Waals surface area contributed by atoms with E-state index in [0.717, 1.165) is 25.9 Å². The van der Waals surface area contributed by atoms with Crippen molar-refractivity contribution in [1.82, 2.24) is 9.47 Å². The van der Waals surface area contributed by atoms with Crippen molar-refractivity contribution in [2.24, 2.45) is 7.05 Å². The van der Waals surface area contributed by atoms with E-state index in [0.29, 0.717) is 28.3 Å². The minimum Gasteiger partial charge on any atom is -0.356 e. The molecule has 0 bridgehead atoms. The van der Waals surface area contributed by atoms with Gasteiger partial charge in [0.25, 0.3) is 0 Å². The number of nitrogens with zero attached hydrogens (tertiary/aromatic N) is 2. The van der Waals surface area contributed by atoms with Gasteiger partial charge in [0.05, 0.1) is 12.1 Å². The molecule has 0 saturated carbocycles. The fourth-order valence-electron chi connectivity index (χ4n) is 2.97. The van der Waals surface area contributed by atoms with Crippen LogP contribution >= 0.6 is 11.6 Å². The number of benzene rings is 1. The molecular formula is C18H19ClN2O2. The van der Waals surface area contributed by atoms with Crippen LogP contribution in [0.5, 0.6) is 0 Å². The van der Waals surface area contributed by atoms with E-state index in [4.69, 9.17) is 11.6 Å². The first-order valence-electron chi connectivity index (χ1n) is 7.76. The van der Waals surface area contributed by atoms with Crippen molar-refractivity contribution < 1.29 is 9.59 Å². The molecule has 1 aliphatic rings. The second kappa shape index (κ2) is 6.69. The fraction of sp³-hybridized carbons (Fsp3) is 0.333. The second-order valence-electron chi connectivity index (χ2n) is 5.99. The van der Waals surface area contributed by atoms with Gasteiger partial charge in [-0.25, -0.2) is 0 Å². The molecule has 1 aliphatic heterocycles. The molecule has 1 aromatic heterocycles. The molecule has 120 valence electrons. The van der Waals surface area contributed by atoms with Crippen molar-refractivity contribution in [2.45, 2.75) is 12.8 Å². The number of carbonyl (C=O) groups excluding carboxylic acids is 2. The average molecular weight is 331 g/mol. The molecule has 1 aromatic carbocycles. The van der Waals surface area contributed by atoms with Crippen LogP contribution in [0.1, 0.15) is 39.1 Å². The predicted molar refractivity (Wildman–Crippen MR) is 90.3 cm³/mol. The highest BCUT2D eigenvalue weighted by Gasteiger charge is 2.23. The summed E-state index contributed by atoms with van der Waals surface area (Å²) in [6.45, 7) is 2.29. The number of hydrogen-bond acceptors (Lipinski definition) is 3. The number of Topliss-reactive ketones (excluding diaryl/α,β-unsaturated/α-hetero) is 1. The molecule has 0 atom stereocenters. The number of likely N-dealkylation sites (tertiary alicyclic amines) is 1. The molecule has 4 nitrogen and oxygen atoms in total. The Morgan fingerprint density at radius 1 is 1.04 bits per heavy atom. The first-order chi connectivity index (χ1) is 11.0. The molecule has 23 heavy (non-hydrogen) atoms. The second-order valence-corrected chi connectivity index (χ2v) is 6.43. The van der Waals surface area contributed by atoms with Gasteiger partial charge in [-0.2, -0.15) is 0 Å². The Bertz CT molecular complexity index is 728. The van der Waals surface area contributed by atoms with E-state index in [1.807, 2.05) is 7.05 Å². The number of halogens is 1. The smallest absolute Gasteiger partial charge is 0.195 e. The lowest BCUT2D eigenvalue weighted by atomic mass is 10.0. The van der Waals surface area contributed by atoms with E-state index < -0.39 is 0 Å². The van der Waals surface area contributed by atoms with E-state index in [1.165, 1.54) is 0 Å². The van der Waals surface area contributed by atoms with Crippen LogP contribution in [0.25, 0.3) is 0 Å². The van der Waals surface area contributed by atoms with Crippen LogP contribution in [0.4, 0.5) is 0 Å². The third-order valence-corrected chi connectivity index (χ3v) is 4.42. The molecule has 2 heterocycles. The lowest BCUT2D eigenvalue weighted by Gasteiger charge is -2.13. The molecule has 0 spiro atoms. The molecule has 1 fully saturated rings. The summed E-state index contributed by atoms with van der Waals surface area (Å²) < 4.78 is 1.76. The molecule has 5 heteroatoms. The largest absolute Gasteiger partial charge is 0.356 e. The van der Waals surface area contributed by atoms with Gasteiger partial charge in [0, 0.05) is 35.6 Å². The maximum Gasteiger partial charge on any atom is 0.195 e. The highest BCUT2D eigenvalue weighted by Crippen LogP contribution is 2.19. The summed E-state index contributed by atoms with van der Waals surface area (Å²) in [6.07, 6.45) is 5.73. The molecule has 2 aromatic rings. The van der Waals surface area contributed by atoms with E-state index in [2.05, 4.69) is 4.90 Å². The van der Waals surface area contributed by atoms with E-state index >= 15 is 0 Å². The number of aryl methyl sites for hydroxylation is 1. The van der Waals surface area contributed by atoms with Crippen LogP contribution in [0.2, 0.25) is 5.02 Å². The Morgan fingerprint density at radius 2 is 1.65 bits per heavy atom. The topological polar surface area (TPSA) is 42.3 Å². The molecular weight excluding hydrogens is 312 g/mol. The molecule has 3 rings (SSSR count). The summed E-state index contributed by atoms with van der Waals surface area (Å²) in [5, 5.41) is 0.583. The highest BCUT2D eigenvalue weighted by molar-refractivity contribution is 6.30. The summed E-state index contributed by atoms with van der Waals surface area (Å²) in [6, 6.07) is 6.74. The first kappa shape index (κ1) is 16.0. The Balaban J connectivity index is 1.86. The van der Waals surface area contributed by atoms with Crippen LogP contribution in [0.3, 0.4) is 0 Å². The van der Waals surface area contributed by atoms with Crippen molar-refractivity contribution in [3.05, 3.63) is 58.4 Å². The number of ketones is 2. The van der Waals surface area contributed by atoms with Crippen molar-refractivity contribution in [3.8, 4) is 0 Å². The Morgan fingerprint density at radius 3 is 2.30 bits per heavy atom. The number of hydrogen-bond donors (Lipinski definition) is 0. The zero-order chi connectivity index (χ0) is 16.4. The van der Waals surface area contributed by atoms with Crippen molar-refractivity contribution in [3.63, 3.8) is 0 Å². The van der Waals surface area contributed by atoms with Crippen molar-refractivity contribution in [2.75, 3.05) is 19.6 Å². The molecule has 0 amide bonds. The predicted octanol–water partition coefficient (Wildman–Crippen LogP) is 3.19. The fourth-order valence-corrected chi connectivity index (χ4v) is 3.10. The number of rotatable bonds is 5. The normalized spacial score (nSPS) is 15.0. The molecule has 0 N–H and O–H groups in total. The third kappa shape index (κ3) is 3.54. The lowest BCUT2D eigenvalue weighted by Crippen LogP contribution is -2.27. The lowest BCUT2D eigenvalue weighted by molar-refractivity contribution is 0.0935. The standard InChI is InChI=1S/C18H19ClN2O2/c1-20-10-15(17(22)12-21-8-2-3-9-21)16(11-20)18(23)13-4-6-14(19)7-5-13/h4-7,10-11H,2-3,8-9,12H2,1H3. The zero-order valence-electron chi connectivity index (χ0n) is 13.1. The Kier molecular flexibility index (Phi) is 4.64. The highest BCUT2D eigenvalue weighted by atomic mass is 35.5. The average Bonchev–Trinajstić information content (AvgIpc) is 3.16. The number of aromatic nitrogens is 1. The first-order valence-corrected chi connectivity index (χ1v) is 8.14. The van der Waals surface area contributed by atoms with Gasteiger partial charge in [-0.3, -0.25) is 14.5 Å². The summed E-state index contributed by atoms with van der Waals surface area (Å²) >= 11 is 5.87. The monoisotopic (exact) mass is 330 g/mol. The van der Waals surface area contributed by atoms with Gasteiger partial charge in [-0.15, -0.1) is 0 Å². The molecule has 0 aliphatic carbocycles.